The second-order valence-corrected chi connectivity index (χ2v) is 3.85. The van der Waals surface area contributed by atoms with Crippen LogP contribution in [0.5, 0.6) is 0 Å². The van der Waals surface area contributed by atoms with Crippen LogP contribution in [0.2, 0.25) is 0 Å². The number of aryl methyl sites for hydroxylation is 1. The van der Waals surface area contributed by atoms with Crippen molar-refractivity contribution in [2.75, 3.05) is 0 Å². The normalized spacial score (nSPS) is 10.1. The summed E-state index contributed by atoms with van der Waals surface area (Å²) in [4.78, 5) is 10.2. The minimum absolute atomic E-state index is 0.148. The molecule has 13 heavy (non-hydrogen) atoms. The van der Waals surface area contributed by atoms with E-state index in [9.17, 15) is 10.1 Å². The molecule has 0 bridgehead atoms. The fourth-order valence-corrected chi connectivity index (χ4v) is 1.80. The molecule has 0 radical (unpaired) electrons. The maximum absolute atomic E-state index is 10.5. The van der Waals surface area contributed by atoms with Crippen molar-refractivity contribution in [2.45, 2.75) is 13.5 Å². The standard InChI is InChI=1S/C8H9IN2O2/c1-5-2-8(11(12)13)7(9)3-6(5)4-10/h2-3H,4,10H2,1H3. The number of nitro groups is 1. The summed E-state index contributed by atoms with van der Waals surface area (Å²) in [5.41, 5.74) is 7.44. The Balaban J connectivity index is 3.28. The van der Waals surface area contributed by atoms with Gasteiger partial charge in [0.2, 0.25) is 0 Å². The zero-order valence-corrected chi connectivity index (χ0v) is 9.24. The van der Waals surface area contributed by atoms with Crippen molar-refractivity contribution in [3.05, 3.63) is 36.9 Å². The van der Waals surface area contributed by atoms with E-state index in [1.54, 1.807) is 12.1 Å². The monoisotopic (exact) mass is 292 g/mol. The van der Waals surface area contributed by atoms with Gasteiger partial charge in [0.15, 0.2) is 0 Å². The minimum atomic E-state index is -0.380. The van der Waals surface area contributed by atoms with E-state index in [1.165, 1.54) is 0 Å². The lowest BCUT2D eigenvalue weighted by Crippen LogP contribution is -2.01. The summed E-state index contributed by atoms with van der Waals surface area (Å²) in [7, 11) is 0. The predicted octanol–water partition coefficient (Wildman–Crippen LogP) is 1.97. The van der Waals surface area contributed by atoms with Gasteiger partial charge in [-0.15, -0.1) is 0 Å². The molecule has 1 aromatic rings. The van der Waals surface area contributed by atoms with E-state index >= 15 is 0 Å². The number of nitrogens with two attached hydrogens (primary N) is 1. The maximum Gasteiger partial charge on any atom is 0.282 e. The first-order valence-electron chi connectivity index (χ1n) is 3.69. The van der Waals surface area contributed by atoms with Gasteiger partial charge >= 0.3 is 0 Å². The van der Waals surface area contributed by atoms with Crippen LogP contribution in [0.4, 0.5) is 5.69 Å². The van der Waals surface area contributed by atoms with Crippen molar-refractivity contribution in [3.63, 3.8) is 0 Å². The van der Waals surface area contributed by atoms with Crippen LogP contribution in [0.1, 0.15) is 11.1 Å². The van der Waals surface area contributed by atoms with Crippen molar-refractivity contribution in [1.82, 2.24) is 0 Å². The van der Waals surface area contributed by atoms with Crippen molar-refractivity contribution in [3.8, 4) is 0 Å². The van der Waals surface area contributed by atoms with Crippen LogP contribution in [0, 0.1) is 20.6 Å². The fraction of sp³-hybridized carbons (Fsp3) is 0.250. The van der Waals surface area contributed by atoms with Crippen LogP contribution >= 0.6 is 22.6 Å². The van der Waals surface area contributed by atoms with E-state index in [1.807, 2.05) is 29.5 Å². The largest absolute Gasteiger partial charge is 0.326 e. The van der Waals surface area contributed by atoms with E-state index in [-0.39, 0.29) is 10.6 Å². The second-order valence-electron chi connectivity index (χ2n) is 2.69. The lowest BCUT2D eigenvalue weighted by molar-refractivity contribution is -0.385. The first kappa shape index (κ1) is 10.4. The molecule has 0 spiro atoms. The lowest BCUT2D eigenvalue weighted by atomic mass is 10.1. The van der Waals surface area contributed by atoms with Crippen LogP contribution in [-0.2, 0) is 6.54 Å². The van der Waals surface area contributed by atoms with Crippen molar-refractivity contribution < 1.29 is 4.92 Å². The van der Waals surface area contributed by atoms with Gasteiger partial charge < -0.3 is 5.73 Å². The molecule has 0 fully saturated rings. The zero-order chi connectivity index (χ0) is 10.0. The fourth-order valence-electron chi connectivity index (χ4n) is 1.07. The third-order valence-electron chi connectivity index (χ3n) is 1.82. The van der Waals surface area contributed by atoms with Crippen LogP contribution in [0.25, 0.3) is 0 Å². The molecular weight excluding hydrogens is 283 g/mol. The third-order valence-corrected chi connectivity index (χ3v) is 2.69. The first-order valence-corrected chi connectivity index (χ1v) is 4.77. The number of hydrogen-bond acceptors (Lipinski definition) is 3. The Bertz CT molecular complexity index is 352. The Labute approximate surface area is 89.4 Å². The molecule has 2 N–H and O–H groups in total. The molecule has 0 saturated carbocycles. The Hall–Kier alpha value is -0.690. The molecule has 0 aliphatic heterocycles. The molecule has 0 aliphatic rings. The quantitative estimate of drug-likeness (QED) is 0.514. The Morgan fingerprint density at radius 2 is 2.23 bits per heavy atom. The highest BCUT2D eigenvalue weighted by molar-refractivity contribution is 14.1. The SMILES string of the molecule is Cc1cc([N+](=O)[O-])c(I)cc1CN. The molecule has 0 unspecified atom stereocenters. The first-order chi connectivity index (χ1) is 6.06. The van der Waals surface area contributed by atoms with Gasteiger partial charge in [0.1, 0.15) is 0 Å². The van der Waals surface area contributed by atoms with Crippen molar-refractivity contribution >= 4 is 28.3 Å². The Kier molecular flexibility index (Phi) is 3.21. The average molecular weight is 292 g/mol. The van der Waals surface area contributed by atoms with E-state index in [0.717, 1.165) is 11.1 Å². The molecule has 0 aliphatic carbocycles. The van der Waals surface area contributed by atoms with Gasteiger partial charge in [-0.05, 0) is 46.7 Å². The highest BCUT2D eigenvalue weighted by atomic mass is 127. The van der Waals surface area contributed by atoms with Crippen molar-refractivity contribution in [1.29, 1.82) is 0 Å². The summed E-state index contributed by atoms with van der Waals surface area (Å²) in [5.74, 6) is 0. The average Bonchev–Trinajstić information content (AvgIpc) is 2.07. The number of halogens is 1. The molecule has 0 aromatic heterocycles. The summed E-state index contributed by atoms with van der Waals surface area (Å²) in [6.07, 6.45) is 0. The zero-order valence-electron chi connectivity index (χ0n) is 7.08. The number of nitro benzene ring substituents is 1. The number of rotatable bonds is 2. The molecule has 0 heterocycles. The van der Waals surface area contributed by atoms with E-state index in [0.29, 0.717) is 10.1 Å². The smallest absolute Gasteiger partial charge is 0.282 e. The maximum atomic E-state index is 10.5. The van der Waals surface area contributed by atoms with Gasteiger partial charge in [-0.1, -0.05) is 0 Å². The molecule has 70 valence electrons. The molecule has 0 saturated heterocycles. The van der Waals surface area contributed by atoms with Crippen LogP contribution < -0.4 is 5.73 Å². The summed E-state index contributed by atoms with van der Waals surface area (Å²) in [5, 5.41) is 10.5. The topological polar surface area (TPSA) is 69.2 Å². The molecule has 1 rings (SSSR count). The molecule has 1 aromatic carbocycles. The lowest BCUT2D eigenvalue weighted by Gasteiger charge is -2.03. The summed E-state index contributed by atoms with van der Waals surface area (Å²) in [6.45, 7) is 2.24. The van der Waals surface area contributed by atoms with Gasteiger partial charge in [-0.3, -0.25) is 10.1 Å². The molecular formula is C8H9IN2O2. The summed E-state index contributed by atoms with van der Waals surface area (Å²) < 4.78 is 0.633. The molecule has 5 heteroatoms. The number of hydrogen-bond donors (Lipinski definition) is 1. The minimum Gasteiger partial charge on any atom is -0.326 e. The highest BCUT2D eigenvalue weighted by Gasteiger charge is 2.13. The Morgan fingerprint density at radius 1 is 1.62 bits per heavy atom. The van der Waals surface area contributed by atoms with Gasteiger partial charge in [0.25, 0.3) is 5.69 Å². The predicted molar refractivity (Wildman–Crippen MR) is 58.4 cm³/mol. The Morgan fingerprint density at radius 3 is 2.69 bits per heavy atom. The van der Waals surface area contributed by atoms with E-state index in [4.69, 9.17) is 5.73 Å². The molecule has 4 nitrogen and oxygen atoms in total. The third kappa shape index (κ3) is 2.16. The van der Waals surface area contributed by atoms with Crippen molar-refractivity contribution in [2.24, 2.45) is 5.73 Å². The van der Waals surface area contributed by atoms with Gasteiger partial charge in [0.05, 0.1) is 8.49 Å². The van der Waals surface area contributed by atoms with E-state index in [2.05, 4.69) is 0 Å². The number of benzene rings is 1. The summed E-state index contributed by atoms with van der Waals surface area (Å²) in [6, 6.07) is 3.32. The summed E-state index contributed by atoms with van der Waals surface area (Å²) >= 11 is 1.94. The van der Waals surface area contributed by atoms with E-state index < -0.39 is 0 Å². The molecule has 0 atom stereocenters. The second kappa shape index (κ2) is 4.01. The molecule has 0 amide bonds. The van der Waals surface area contributed by atoms with Gasteiger partial charge in [-0.2, -0.15) is 0 Å². The van der Waals surface area contributed by atoms with Gasteiger partial charge in [0, 0.05) is 12.6 Å². The van der Waals surface area contributed by atoms with Gasteiger partial charge in [-0.25, -0.2) is 0 Å². The van der Waals surface area contributed by atoms with Crippen LogP contribution in [0.15, 0.2) is 12.1 Å². The number of nitrogens with zero attached hydrogens (tertiary/aromatic N) is 1. The van der Waals surface area contributed by atoms with Crippen LogP contribution in [-0.4, -0.2) is 4.92 Å². The van der Waals surface area contributed by atoms with Crippen LogP contribution in [0.3, 0.4) is 0 Å². The highest BCUT2D eigenvalue weighted by Crippen LogP contribution is 2.24.